The van der Waals surface area contributed by atoms with Gasteiger partial charge in [-0.3, -0.25) is 9.59 Å². The van der Waals surface area contributed by atoms with Crippen LogP contribution in [0.4, 0.5) is 5.69 Å². The molecule has 0 spiro atoms. The Kier molecular flexibility index (Phi) is 6.23. The lowest BCUT2D eigenvalue weighted by atomic mass is 9.92. The molecule has 0 saturated heterocycles. The van der Waals surface area contributed by atoms with Crippen molar-refractivity contribution in [2.24, 2.45) is 5.92 Å². The van der Waals surface area contributed by atoms with Crippen LogP contribution >= 0.6 is 0 Å². The van der Waals surface area contributed by atoms with Gasteiger partial charge in [-0.05, 0) is 43.5 Å². The summed E-state index contributed by atoms with van der Waals surface area (Å²) in [7, 11) is 3.93. The molecule has 0 aromatic heterocycles. The Morgan fingerprint density at radius 1 is 1.12 bits per heavy atom. The van der Waals surface area contributed by atoms with Crippen LogP contribution in [0.2, 0.25) is 0 Å². The second-order valence-corrected chi connectivity index (χ2v) is 6.94. The van der Waals surface area contributed by atoms with Gasteiger partial charge in [0.2, 0.25) is 0 Å². The maximum atomic E-state index is 12.5. The predicted molar refractivity (Wildman–Crippen MR) is 95.2 cm³/mol. The van der Waals surface area contributed by atoms with Crippen molar-refractivity contribution in [3.63, 3.8) is 0 Å². The van der Waals surface area contributed by atoms with Gasteiger partial charge < -0.3 is 15.0 Å². The molecule has 5 heteroatoms. The third kappa shape index (κ3) is 4.73. The molecule has 1 aliphatic carbocycles. The molecule has 1 amide bonds. The summed E-state index contributed by atoms with van der Waals surface area (Å²) in [4.78, 5) is 26.4. The standard InChI is InChI=1S/C19H28N2O3/c1-13(2)19(23)24-17-8-6-5-7-16(17)20-18(22)14-9-11-15(12-10-14)21(3)4/h9-13,16-17H,5-8H2,1-4H3,(H,20,22)/t16-,17+/m1/s1. The molecule has 0 radical (unpaired) electrons. The lowest BCUT2D eigenvalue weighted by Gasteiger charge is -2.32. The fraction of sp³-hybridized carbons (Fsp3) is 0.579. The number of amides is 1. The molecule has 1 aromatic carbocycles. The predicted octanol–water partition coefficient (Wildman–Crippen LogP) is 2.99. The molecular formula is C19H28N2O3. The molecule has 2 rings (SSSR count). The van der Waals surface area contributed by atoms with Crippen molar-refractivity contribution in [1.82, 2.24) is 5.32 Å². The van der Waals surface area contributed by atoms with E-state index in [1.54, 1.807) is 0 Å². The number of hydrogen-bond donors (Lipinski definition) is 1. The van der Waals surface area contributed by atoms with Crippen LogP contribution in [0.5, 0.6) is 0 Å². The maximum Gasteiger partial charge on any atom is 0.308 e. The zero-order valence-electron chi connectivity index (χ0n) is 15.0. The van der Waals surface area contributed by atoms with Crippen LogP contribution in [0.1, 0.15) is 49.9 Å². The Bertz CT molecular complexity index is 566. The van der Waals surface area contributed by atoms with Gasteiger partial charge in [-0.15, -0.1) is 0 Å². The first-order chi connectivity index (χ1) is 11.4. The monoisotopic (exact) mass is 332 g/mol. The number of carbonyl (C=O) groups excluding carboxylic acids is 2. The van der Waals surface area contributed by atoms with Gasteiger partial charge in [0.05, 0.1) is 12.0 Å². The molecule has 24 heavy (non-hydrogen) atoms. The fourth-order valence-corrected chi connectivity index (χ4v) is 2.85. The molecular weight excluding hydrogens is 304 g/mol. The normalized spacial score (nSPS) is 20.5. The number of benzene rings is 1. The summed E-state index contributed by atoms with van der Waals surface area (Å²) in [6.45, 7) is 3.65. The number of anilines is 1. The highest BCUT2D eigenvalue weighted by molar-refractivity contribution is 5.94. The van der Waals surface area contributed by atoms with Gasteiger partial charge in [0.15, 0.2) is 0 Å². The first-order valence-electron chi connectivity index (χ1n) is 8.67. The molecule has 1 saturated carbocycles. The van der Waals surface area contributed by atoms with Crippen molar-refractivity contribution < 1.29 is 14.3 Å². The molecule has 1 fully saturated rings. The molecule has 0 heterocycles. The molecule has 1 N–H and O–H groups in total. The van der Waals surface area contributed by atoms with E-state index in [2.05, 4.69) is 5.32 Å². The van der Waals surface area contributed by atoms with Crippen molar-refractivity contribution >= 4 is 17.6 Å². The van der Waals surface area contributed by atoms with Gasteiger partial charge in [0.25, 0.3) is 5.91 Å². The summed E-state index contributed by atoms with van der Waals surface area (Å²) in [6, 6.07) is 7.38. The molecule has 2 atom stereocenters. The molecule has 0 aliphatic heterocycles. The SMILES string of the molecule is CC(C)C(=O)O[C@H]1CCCC[C@H]1NC(=O)c1ccc(N(C)C)cc1. The van der Waals surface area contributed by atoms with Crippen LogP contribution in [-0.4, -0.2) is 38.1 Å². The minimum atomic E-state index is -0.223. The minimum absolute atomic E-state index is 0.109. The van der Waals surface area contributed by atoms with Crippen LogP contribution < -0.4 is 10.2 Å². The Morgan fingerprint density at radius 3 is 2.33 bits per heavy atom. The van der Waals surface area contributed by atoms with Gasteiger partial charge >= 0.3 is 5.97 Å². The number of esters is 1. The van der Waals surface area contributed by atoms with E-state index < -0.39 is 0 Å². The fourth-order valence-electron chi connectivity index (χ4n) is 2.85. The second kappa shape index (κ2) is 8.18. The van der Waals surface area contributed by atoms with Gasteiger partial charge in [-0.1, -0.05) is 20.3 Å². The van der Waals surface area contributed by atoms with Crippen LogP contribution in [0, 0.1) is 5.92 Å². The quantitative estimate of drug-likeness (QED) is 0.842. The Morgan fingerprint density at radius 2 is 1.75 bits per heavy atom. The summed E-state index contributed by atoms with van der Waals surface area (Å²) in [5.41, 5.74) is 1.67. The minimum Gasteiger partial charge on any atom is -0.460 e. The number of rotatable bonds is 5. The van der Waals surface area contributed by atoms with Crippen LogP contribution in [0.25, 0.3) is 0 Å². The summed E-state index contributed by atoms with van der Waals surface area (Å²) in [6.07, 6.45) is 3.50. The summed E-state index contributed by atoms with van der Waals surface area (Å²) >= 11 is 0. The van der Waals surface area contributed by atoms with E-state index in [1.165, 1.54) is 0 Å². The highest BCUT2D eigenvalue weighted by atomic mass is 16.5. The zero-order valence-corrected chi connectivity index (χ0v) is 15.0. The average molecular weight is 332 g/mol. The van der Waals surface area contributed by atoms with Crippen molar-refractivity contribution in [2.45, 2.75) is 51.7 Å². The summed E-state index contributed by atoms with van der Waals surface area (Å²) in [5, 5.41) is 3.05. The third-order valence-electron chi connectivity index (χ3n) is 4.40. The first-order valence-corrected chi connectivity index (χ1v) is 8.67. The van der Waals surface area contributed by atoms with E-state index in [4.69, 9.17) is 4.74 Å². The van der Waals surface area contributed by atoms with Gasteiger partial charge in [-0.25, -0.2) is 0 Å². The maximum absolute atomic E-state index is 12.5. The van der Waals surface area contributed by atoms with Crippen molar-refractivity contribution in [1.29, 1.82) is 0 Å². The van der Waals surface area contributed by atoms with E-state index in [1.807, 2.05) is 57.1 Å². The van der Waals surface area contributed by atoms with E-state index in [0.717, 1.165) is 31.4 Å². The van der Waals surface area contributed by atoms with Gasteiger partial charge in [0.1, 0.15) is 6.10 Å². The Hall–Kier alpha value is -2.04. The summed E-state index contributed by atoms with van der Waals surface area (Å²) < 4.78 is 5.59. The third-order valence-corrected chi connectivity index (χ3v) is 4.40. The molecule has 1 aliphatic rings. The number of carbonyl (C=O) groups is 2. The van der Waals surface area contributed by atoms with Crippen molar-refractivity contribution in [2.75, 3.05) is 19.0 Å². The van der Waals surface area contributed by atoms with E-state index >= 15 is 0 Å². The van der Waals surface area contributed by atoms with E-state index in [9.17, 15) is 9.59 Å². The smallest absolute Gasteiger partial charge is 0.308 e. The van der Waals surface area contributed by atoms with Crippen LogP contribution in [-0.2, 0) is 9.53 Å². The van der Waals surface area contributed by atoms with E-state index in [-0.39, 0.29) is 29.9 Å². The topological polar surface area (TPSA) is 58.6 Å². The largest absolute Gasteiger partial charge is 0.460 e. The molecule has 0 bridgehead atoms. The van der Waals surface area contributed by atoms with E-state index in [0.29, 0.717) is 5.56 Å². The molecule has 132 valence electrons. The van der Waals surface area contributed by atoms with Crippen molar-refractivity contribution in [3.05, 3.63) is 29.8 Å². The number of nitrogens with one attached hydrogen (secondary N) is 1. The molecule has 5 nitrogen and oxygen atoms in total. The average Bonchev–Trinajstić information content (AvgIpc) is 2.56. The number of ether oxygens (including phenoxy) is 1. The lowest BCUT2D eigenvalue weighted by molar-refractivity contribution is -0.155. The second-order valence-electron chi connectivity index (χ2n) is 6.94. The lowest BCUT2D eigenvalue weighted by Crippen LogP contribution is -2.47. The highest BCUT2D eigenvalue weighted by Crippen LogP contribution is 2.23. The highest BCUT2D eigenvalue weighted by Gasteiger charge is 2.30. The van der Waals surface area contributed by atoms with Crippen LogP contribution in [0.15, 0.2) is 24.3 Å². The number of nitrogens with zero attached hydrogens (tertiary/aromatic N) is 1. The first kappa shape index (κ1) is 18.3. The number of hydrogen-bond acceptors (Lipinski definition) is 4. The Balaban J connectivity index is 2.00. The van der Waals surface area contributed by atoms with Crippen LogP contribution in [0.3, 0.4) is 0 Å². The summed E-state index contributed by atoms with van der Waals surface area (Å²) in [5.74, 6) is -0.462. The zero-order chi connectivity index (χ0) is 17.7. The van der Waals surface area contributed by atoms with Gasteiger partial charge in [-0.2, -0.15) is 0 Å². The van der Waals surface area contributed by atoms with Gasteiger partial charge in [0, 0.05) is 25.3 Å². The molecule has 1 aromatic rings. The Labute approximate surface area is 144 Å². The van der Waals surface area contributed by atoms with Crippen molar-refractivity contribution in [3.8, 4) is 0 Å². The molecule has 0 unspecified atom stereocenters.